The third kappa shape index (κ3) is 3.79. The van der Waals surface area contributed by atoms with Gasteiger partial charge >= 0.3 is 11.9 Å². The van der Waals surface area contributed by atoms with Crippen molar-refractivity contribution in [3.63, 3.8) is 0 Å². The van der Waals surface area contributed by atoms with Crippen LogP contribution in [0.1, 0.15) is 32.5 Å². The number of amides is 1. The van der Waals surface area contributed by atoms with E-state index in [4.69, 9.17) is 4.74 Å². The maximum absolute atomic E-state index is 13.1. The van der Waals surface area contributed by atoms with E-state index in [0.29, 0.717) is 0 Å². The SMILES string of the molecule is COC(=O)c1sc(N2C(=O)C(=O)C(=C(O)c3ccncc3)C2c2cccc([N+](=O)[O-])c2)nc1C. The smallest absolute Gasteiger partial charge is 0.350 e. The van der Waals surface area contributed by atoms with E-state index in [1.165, 1.54) is 55.9 Å². The maximum atomic E-state index is 13.1. The minimum Gasteiger partial charge on any atom is -0.507 e. The summed E-state index contributed by atoms with van der Waals surface area (Å²) in [7, 11) is 1.20. The van der Waals surface area contributed by atoms with Crippen molar-refractivity contribution in [1.29, 1.82) is 0 Å². The third-order valence-corrected chi connectivity index (χ3v) is 6.29. The average Bonchev–Trinajstić information content (AvgIpc) is 3.35. The Hall–Kier alpha value is -4.45. The Morgan fingerprint density at radius 1 is 1.24 bits per heavy atom. The van der Waals surface area contributed by atoms with Crippen LogP contribution in [0.4, 0.5) is 10.8 Å². The van der Waals surface area contributed by atoms with Crippen LogP contribution in [0.15, 0.2) is 54.4 Å². The largest absolute Gasteiger partial charge is 0.507 e. The van der Waals surface area contributed by atoms with Crippen molar-refractivity contribution in [3.8, 4) is 0 Å². The van der Waals surface area contributed by atoms with Gasteiger partial charge in [-0.3, -0.25) is 29.6 Å². The summed E-state index contributed by atoms with van der Waals surface area (Å²) in [6.45, 7) is 1.54. The van der Waals surface area contributed by atoms with Gasteiger partial charge in [0.25, 0.3) is 11.5 Å². The second-order valence-corrected chi connectivity index (χ2v) is 8.14. The van der Waals surface area contributed by atoms with E-state index in [1.807, 2.05) is 0 Å². The molecule has 4 rings (SSSR count). The summed E-state index contributed by atoms with van der Waals surface area (Å²) < 4.78 is 4.74. The number of aliphatic hydroxyl groups is 1. The number of pyridine rings is 1. The molecule has 12 heteroatoms. The van der Waals surface area contributed by atoms with Gasteiger partial charge in [-0.15, -0.1) is 0 Å². The Bertz CT molecular complexity index is 1370. The Morgan fingerprint density at radius 3 is 2.59 bits per heavy atom. The lowest BCUT2D eigenvalue weighted by Crippen LogP contribution is -2.29. The summed E-state index contributed by atoms with van der Waals surface area (Å²) in [6, 6.07) is 7.06. The molecule has 172 valence electrons. The van der Waals surface area contributed by atoms with Crippen LogP contribution >= 0.6 is 11.3 Å². The Morgan fingerprint density at radius 2 is 1.94 bits per heavy atom. The van der Waals surface area contributed by atoms with Crippen molar-refractivity contribution in [2.24, 2.45) is 0 Å². The molecule has 11 nitrogen and oxygen atoms in total. The fraction of sp³-hybridized carbons (Fsp3) is 0.136. The minimum absolute atomic E-state index is 0.00489. The molecule has 1 fully saturated rings. The molecule has 2 aromatic heterocycles. The lowest BCUT2D eigenvalue weighted by atomic mass is 9.95. The second kappa shape index (κ2) is 8.83. The average molecular weight is 480 g/mol. The number of aromatic nitrogens is 2. The lowest BCUT2D eigenvalue weighted by Gasteiger charge is -2.22. The summed E-state index contributed by atoms with van der Waals surface area (Å²) in [5.41, 5.74) is 0.174. The van der Waals surface area contributed by atoms with Crippen molar-refractivity contribution >= 4 is 45.6 Å². The van der Waals surface area contributed by atoms with Gasteiger partial charge < -0.3 is 9.84 Å². The number of ether oxygens (including phenoxy) is 1. The molecular formula is C22H16N4O7S. The summed E-state index contributed by atoms with van der Waals surface area (Å²) in [5.74, 6) is -3.14. The number of non-ortho nitro benzene ring substituents is 1. The topological polar surface area (TPSA) is 153 Å². The number of Topliss-reactive ketones (excluding diaryl/α,β-unsaturated/α-hetero) is 1. The van der Waals surface area contributed by atoms with E-state index in [2.05, 4.69) is 9.97 Å². The zero-order chi connectivity index (χ0) is 24.6. The van der Waals surface area contributed by atoms with E-state index in [-0.39, 0.29) is 38.1 Å². The number of aliphatic hydroxyl groups excluding tert-OH is 1. The first-order valence-corrected chi connectivity index (χ1v) is 10.6. The van der Waals surface area contributed by atoms with E-state index >= 15 is 0 Å². The number of thiazole rings is 1. The molecule has 34 heavy (non-hydrogen) atoms. The number of nitrogens with zero attached hydrogens (tertiary/aromatic N) is 4. The number of nitro groups is 1. The van der Waals surface area contributed by atoms with Crippen molar-refractivity contribution < 1.29 is 29.2 Å². The van der Waals surface area contributed by atoms with Gasteiger partial charge in [-0.05, 0) is 24.6 Å². The molecule has 1 aliphatic heterocycles. The van der Waals surface area contributed by atoms with Gasteiger partial charge in [0.15, 0.2) is 5.13 Å². The highest BCUT2D eigenvalue weighted by Gasteiger charge is 2.48. The molecule has 1 saturated heterocycles. The van der Waals surface area contributed by atoms with Crippen LogP contribution in [0.5, 0.6) is 0 Å². The van der Waals surface area contributed by atoms with E-state index < -0.39 is 34.4 Å². The van der Waals surface area contributed by atoms with Gasteiger partial charge in [-0.2, -0.15) is 0 Å². The first-order valence-electron chi connectivity index (χ1n) is 9.76. The third-order valence-electron chi connectivity index (χ3n) is 5.16. The zero-order valence-electron chi connectivity index (χ0n) is 17.8. The molecule has 1 aliphatic rings. The highest BCUT2D eigenvalue weighted by molar-refractivity contribution is 7.17. The van der Waals surface area contributed by atoms with Crippen LogP contribution in [0.2, 0.25) is 0 Å². The normalized spacial score (nSPS) is 17.1. The monoisotopic (exact) mass is 480 g/mol. The number of nitro benzene ring substituents is 1. The van der Waals surface area contributed by atoms with Crippen molar-refractivity contribution in [2.75, 3.05) is 12.0 Å². The van der Waals surface area contributed by atoms with Crippen molar-refractivity contribution in [2.45, 2.75) is 13.0 Å². The number of ketones is 1. The van der Waals surface area contributed by atoms with Crippen LogP contribution in [-0.4, -0.2) is 44.8 Å². The molecule has 0 spiro atoms. The number of aryl methyl sites for hydroxylation is 1. The van der Waals surface area contributed by atoms with Gasteiger partial charge in [0, 0.05) is 30.1 Å². The van der Waals surface area contributed by atoms with Crippen LogP contribution in [0, 0.1) is 17.0 Å². The second-order valence-electron chi connectivity index (χ2n) is 7.16. The summed E-state index contributed by atoms with van der Waals surface area (Å²) in [4.78, 5) is 58.4. The van der Waals surface area contributed by atoms with Gasteiger partial charge in [0.2, 0.25) is 0 Å². The van der Waals surface area contributed by atoms with Gasteiger partial charge in [0.1, 0.15) is 10.6 Å². The lowest BCUT2D eigenvalue weighted by molar-refractivity contribution is -0.384. The predicted molar refractivity (Wildman–Crippen MR) is 120 cm³/mol. The van der Waals surface area contributed by atoms with Gasteiger partial charge in [0.05, 0.1) is 29.3 Å². The number of anilines is 1. The Balaban J connectivity index is 1.96. The molecule has 0 bridgehead atoms. The fourth-order valence-electron chi connectivity index (χ4n) is 3.59. The minimum atomic E-state index is -1.23. The standard InChI is InChI=1S/C22H16N4O7S/c1-11-19(21(30)33-2)34-22(24-11)25-16(13-4-3-5-14(10-13)26(31)32)15(18(28)20(25)29)17(27)12-6-8-23-9-7-12/h3-10,16,27H,1-2H3. The summed E-state index contributed by atoms with van der Waals surface area (Å²) in [5, 5.41) is 22.4. The number of rotatable bonds is 5. The van der Waals surface area contributed by atoms with Crippen LogP contribution < -0.4 is 4.90 Å². The molecule has 0 aliphatic carbocycles. The Kier molecular flexibility index (Phi) is 5.90. The number of methoxy groups -OCH3 is 1. The fourth-order valence-corrected chi connectivity index (χ4v) is 4.60. The zero-order valence-corrected chi connectivity index (χ0v) is 18.6. The van der Waals surface area contributed by atoms with Gasteiger partial charge in [-0.25, -0.2) is 9.78 Å². The van der Waals surface area contributed by atoms with Crippen LogP contribution in [0.3, 0.4) is 0 Å². The summed E-state index contributed by atoms with van der Waals surface area (Å²) in [6.07, 6.45) is 2.81. The highest BCUT2D eigenvalue weighted by atomic mass is 32.1. The maximum Gasteiger partial charge on any atom is 0.350 e. The quantitative estimate of drug-likeness (QED) is 0.145. The number of carbonyl (C=O) groups is 3. The predicted octanol–water partition coefficient (Wildman–Crippen LogP) is 3.17. The molecule has 1 N–H and O–H groups in total. The number of hydrogen-bond donors (Lipinski definition) is 1. The molecule has 1 aromatic carbocycles. The van der Waals surface area contributed by atoms with Gasteiger partial charge in [-0.1, -0.05) is 23.5 Å². The summed E-state index contributed by atoms with van der Waals surface area (Å²) >= 11 is 0.833. The number of hydrogen-bond acceptors (Lipinski definition) is 10. The van der Waals surface area contributed by atoms with Crippen molar-refractivity contribution in [1.82, 2.24) is 9.97 Å². The molecule has 3 heterocycles. The van der Waals surface area contributed by atoms with E-state index in [1.54, 1.807) is 6.92 Å². The first-order chi connectivity index (χ1) is 16.2. The van der Waals surface area contributed by atoms with E-state index in [0.717, 1.165) is 16.2 Å². The first kappa shape index (κ1) is 22.7. The number of carbonyl (C=O) groups excluding carboxylic acids is 3. The highest BCUT2D eigenvalue weighted by Crippen LogP contribution is 2.44. The Labute approximate surface area is 196 Å². The molecule has 3 aromatic rings. The molecule has 0 saturated carbocycles. The molecule has 0 radical (unpaired) electrons. The molecule has 1 atom stereocenters. The van der Waals surface area contributed by atoms with Crippen LogP contribution in [-0.2, 0) is 14.3 Å². The number of benzene rings is 1. The number of esters is 1. The molecule has 1 amide bonds. The molecule has 1 unspecified atom stereocenters. The van der Waals surface area contributed by atoms with E-state index in [9.17, 15) is 29.6 Å². The van der Waals surface area contributed by atoms with Crippen LogP contribution in [0.25, 0.3) is 5.76 Å². The van der Waals surface area contributed by atoms with Crippen molar-refractivity contribution in [3.05, 3.63) is 86.2 Å². The molecular weight excluding hydrogens is 464 g/mol.